The van der Waals surface area contributed by atoms with Crippen molar-refractivity contribution in [3.8, 4) is 0 Å². The Balaban J connectivity index is 3.00. The molecular formula is C7H12N4S. The van der Waals surface area contributed by atoms with Gasteiger partial charge < -0.3 is 16.0 Å². The summed E-state index contributed by atoms with van der Waals surface area (Å²) in [4.78, 5) is 6.74. The number of aromatic nitrogens is 2. The van der Waals surface area contributed by atoms with Gasteiger partial charge in [-0.15, -0.1) is 0 Å². The molecule has 4 nitrogen and oxygen atoms in total. The van der Waals surface area contributed by atoms with Crippen LogP contribution in [-0.4, -0.2) is 16.0 Å². The summed E-state index contributed by atoms with van der Waals surface area (Å²) >= 11 is 4.90. The number of nitrogens with one attached hydrogen (secondary N) is 2. The van der Waals surface area contributed by atoms with E-state index < -0.39 is 0 Å². The lowest BCUT2D eigenvalue weighted by Crippen LogP contribution is -2.13. The van der Waals surface area contributed by atoms with Crippen molar-refractivity contribution < 1.29 is 0 Å². The maximum absolute atomic E-state index is 5.67. The van der Waals surface area contributed by atoms with Crippen LogP contribution in [0.2, 0.25) is 0 Å². The average molecular weight is 184 g/mol. The Kier molecular flexibility index (Phi) is 2.65. The van der Waals surface area contributed by atoms with Gasteiger partial charge in [0.05, 0.1) is 6.33 Å². The topological polar surface area (TPSA) is 66.7 Å². The second-order valence-electron chi connectivity index (χ2n) is 2.80. The second-order valence-corrected chi connectivity index (χ2v) is 3.18. The predicted molar refractivity (Wildman–Crippen MR) is 52.6 cm³/mol. The number of nitrogen functional groups attached to an aromatic ring is 1. The maximum Gasteiger partial charge on any atom is 0.154 e. The summed E-state index contributed by atoms with van der Waals surface area (Å²) in [6.45, 7) is 4.05. The van der Waals surface area contributed by atoms with Gasteiger partial charge in [-0.05, 0) is 13.8 Å². The van der Waals surface area contributed by atoms with E-state index in [1.54, 1.807) is 0 Å². The van der Waals surface area contributed by atoms with E-state index in [9.17, 15) is 0 Å². The number of rotatable bonds is 2. The Hall–Kier alpha value is -1.10. The fourth-order valence-corrected chi connectivity index (χ4v) is 0.973. The monoisotopic (exact) mass is 184 g/mol. The Morgan fingerprint density at radius 3 is 2.92 bits per heavy atom. The molecule has 4 N–H and O–H groups in total. The first kappa shape index (κ1) is 8.99. The smallest absolute Gasteiger partial charge is 0.154 e. The molecule has 0 spiro atoms. The second kappa shape index (κ2) is 3.53. The molecule has 0 unspecified atom stereocenters. The number of nitrogens with two attached hydrogens (primary N) is 1. The summed E-state index contributed by atoms with van der Waals surface area (Å²) in [5.74, 6) is 0.741. The zero-order valence-electron chi connectivity index (χ0n) is 7.09. The lowest BCUT2D eigenvalue weighted by molar-refractivity contribution is 0.887. The van der Waals surface area contributed by atoms with Crippen molar-refractivity contribution in [3.05, 3.63) is 11.0 Å². The average Bonchev–Trinajstić information content (AvgIpc) is 1.98. The summed E-state index contributed by atoms with van der Waals surface area (Å²) in [6.07, 6.45) is 1.53. The van der Waals surface area contributed by atoms with Crippen molar-refractivity contribution in [2.75, 3.05) is 11.1 Å². The molecule has 1 heterocycles. The minimum Gasteiger partial charge on any atom is -0.393 e. The maximum atomic E-state index is 5.67. The Labute approximate surface area is 76.2 Å². The Morgan fingerprint density at radius 1 is 1.67 bits per heavy atom. The number of nitrogens with zero attached hydrogens (tertiary/aromatic N) is 1. The highest BCUT2D eigenvalue weighted by Gasteiger charge is 2.01. The molecule has 0 fully saturated rings. The molecule has 0 amide bonds. The first-order valence-corrected chi connectivity index (χ1v) is 4.11. The van der Waals surface area contributed by atoms with Crippen LogP contribution in [0.4, 0.5) is 11.5 Å². The highest BCUT2D eigenvalue weighted by Crippen LogP contribution is 2.14. The van der Waals surface area contributed by atoms with Crippen molar-refractivity contribution in [1.29, 1.82) is 0 Å². The molecule has 0 bridgehead atoms. The Morgan fingerprint density at radius 2 is 2.33 bits per heavy atom. The number of anilines is 2. The molecule has 5 heteroatoms. The molecule has 0 saturated carbocycles. The zero-order chi connectivity index (χ0) is 9.14. The van der Waals surface area contributed by atoms with Crippen molar-refractivity contribution in [3.63, 3.8) is 0 Å². The SMILES string of the molecule is CC(C)Nc1[nH]cnc(=S)c1N. The van der Waals surface area contributed by atoms with Crippen LogP contribution < -0.4 is 11.1 Å². The molecule has 0 atom stereocenters. The molecule has 1 aromatic heterocycles. The minimum absolute atomic E-state index is 0.320. The molecule has 0 aromatic carbocycles. The van der Waals surface area contributed by atoms with Gasteiger partial charge in [-0.25, -0.2) is 4.98 Å². The molecule has 0 aliphatic rings. The summed E-state index contributed by atoms with van der Waals surface area (Å²) < 4.78 is 0.428. The molecule has 1 aromatic rings. The lowest BCUT2D eigenvalue weighted by Gasteiger charge is -2.10. The van der Waals surface area contributed by atoms with E-state index >= 15 is 0 Å². The molecule has 0 radical (unpaired) electrons. The van der Waals surface area contributed by atoms with E-state index in [2.05, 4.69) is 15.3 Å². The summed E-state index contributed by atoms with van der Waals surface area (Å²) in [6, 6.07) is 0.320. The summed E-state index contributed by atoms with van der Waals surface area (Å²) in [7, 11) is 0. The van der Waals surface area contributed by atoms with E-state index in [1.807, 2.05) is 13.8 Å². The van der Waals surface area contributed by atoms with E-state index in [-0.39, 0.29) is 0 Å². The van der Waals surface area contributed by atoms with Crippen LogP contribution >= 0.6 is 12.2 Å². The third-order valence-electron chi connectivity index (χ3n) is 1.32. The van der Waals surface area contributed by atoms with Crippen LogP contribution in [0.5, 0.6) is 0 Å². The quantitative estimate of drug-likeness (QED) is 0.610. The standard InChI is InChI=1S/C7H12N4S/c1-4(2)11-6-5(8)7(12)10-3-9-6/h3-4H,8H2,1-2H3,(H2,9,10,11,12). The van der Waals surface area contributed by atoms with Gasteiger partial charge in [0, 0.05) is 6.04 Å². The van der Waals surface area contributed by atoms with Gasteiger partial charge in [0.15, 0.2) is 4.64 Å². The Bertz CT molecular complexity index is 317. The molecule has 12 heavy (non-hydrogen) atoms. The van der Waals surface area contributed by atoms with Gasteiger partial charge in [-0.2, -0.15) is 0 Å². The highest BCUT2D eigenvalue weighted by molar-refractivity contribution is 7.71. The molecule has 0 aliphatic heterocycles. The summed E-state index contributed by atoms with van der Waals surface area (Å²) in [5, 5.41) is 3.13. The summed E-state index contributed by atoms with van der Waals surface area (Å²) in [5.41, 5.74) is 6.17. The molecular weight excluding hydrogens is 172 g/mol. The number of aromatic amines is 1. The van der Waals surface area contributed by atoms with Gasteiger partial charge in [0.25, 0.3) is 0 Å². The lowest BCUT2D eigenvalue weighted by atomic mass is 10.4. The van der Waals surface area contributed by atoms with Crippen LogP contribution in [0.25, 0.3) is 0 Å². The van der Waals surface area contributed by atoms with Crippen LogP contribution in [0.15, 0.2) is 6.33 Å². The van der Waals surface area contributed by atoms with Crippen LogP contribution in [0.3, 0.4) is 0 Å². The third-order valence-corrected chi connectivity index (χ3v) is 1.65. The van der Waals surface area contributed by atoms with Crippen molar-refractivity contribution in [2.24, 2.45) is 0 Å². The van der Waals surface area contributed by atoms with E-state index in [0.717, 1.165) is 5.82 Å². The van der Waals surface area contributed by atoms with E-state index in [4.69, 9.17) is 18.0 Å². The molecule has 0 saturated heterocycles. The van der Waals surface area contributed by atoms with Crippen molar-refractivity contribution in [2.45, 2.75) is 19.9 Å². The largest absolute Gasteiger partial charge is 0.393 e. The van der Waals surface area contributed by atoms with Crippen LogP contribution in [-0.2, 0) is 0 Å². The molecule has 66 valence electrons. The van der Waals surface area contributed by atoms with Gasteiger partial charge in [0.1, 0.15) is 11.5 Å². The van der Waals surface area contributed by atoms with Crippen molar-refractivity contribution >= 4 is 23.7 Å². The fraction of sp³-hybridized carbons (Fsp3) is 0.429. The fourth-order valence-electron chi connectivity index (χ4n) is 0.818. The molecule has 1 rings (SSSR count). The van der Waals surface area contributed by atoms with Crippen LogP contribution in [0.1, 0.15) is 13.8 Å². The molecule has 0 aliphatic carbocycles. The van der Waals surface area contributed by atoms with Gasteiger partial charge in [-0.3, -0.25) is 0 Å². The van der Waals surface area contributed by atoms with E-state index in [1.165, 1.54) is 6.33 Å². The number of hydrogen-bond acceptors (Lipinski definition) is 4. The van der Waals surface area contributed by atoms with Crippen LogP contribution in [0, 0.1) is 4.64 Å². The highest BCUT2D eigenvalue weighted by atomic mass is 32.1. The normalized spacial score (nSPS) is 10.2. The zero-order valence-corrected chi connectivity index (χ0v) is 7.90. The van der Waals surface area contributed by atoms with Gasteiger partial charge in [-0.1, -0.05) is 12.2 Å². The van der Waals surface area contributed by atoms with E-state index in [0.29, 0.717) is 16.4 Å². The minimum atomic E-state index is 0.320. The van der Waals surface area contributed by atoms with Gasteiger partial charge in [0.2, 0.25) is 0 Å². The predicted octanol–water partition coefficient (Wildman–Crippen LogP) is 1.54. The first-order chi connectivity index (χ1) is 5.61. The number of H-pyrrole nitrogens is 1. The number of hydrogen-bond donors (Lipinski definition) is 3. The van der Waals surface area contributed by atoms with Crippen molar-refractivity contribution in [1.82, 2.24) is 9.97 Å². The third kappa shape index (κ3) is 1.94. The first-order valence-electron chi connectivity index (χ1n) is 3.71. The van der Waals surface area contributed by atoms with Gasteiger partial charge >= 0.3 is 0 Å².